The van der Waals surface area contributed by atoms with Crippen LogP contribution < -0.4 is 4.90 Å². The molecule has 4 heteroatoms. The van der Waals surface area contributed by atoms with Crippen molar-refractivity contribution in [2.75, 3.05) is 18.5 Å². The Morgan fingerprint density at radius 3 is 2.74 bits per heavy atom. The van der Waals surface area contributed by atoms with Gasteiger partial charge in [0.25, 0.3) is 0 Å². The molecule has 1 aromatic heterocycles. The summed E-state index contributed by atoms with van der Waals surface area (Å²) in [6.07, 6.45) is 0.375. The van der Waals surface area contributed by atoms with Gasteiger partial charge in [-0.15, -0.1) is 0 Å². The number of benzene rings is 1. The molecule has 0 spiro atoms. The Balaban J connectivity index is 2.33. The lowest BCUT2D eigenvalue weighted by atomic mass is 10.1. The maximum absolute atomic E-state index is 9.47. The minimum Gasteiger partial charge on any atom is -0.393 e. The molecule has 4 nitrogen and oxygen atoms in total. The number of hydrogen-bond acceptors (Lipinski definition) is 4. The van der Waals surface area contributed by atoms with E-state index in [1.807, 2.05) is 42.3 Å². The maximum atomic E-state index is 9.47. The molecule has 1 aromatic carbocycles. The van der Waals surface area contributed by atoms with E-state index in [0.29, 0.717) is 6.42 Å². The molecule has 0 aliphatic rings. The van der Waals surface area contributed by atoms with Crippen molar-refractivity contribution in [3.8, 4) is 0 Å². The van der Waals surface area contributed by atoms with Crippen molar-refractivity contribution >= 4 is 16.7 Å². The van der Waals surface area contributed by atoms with Gasteiger partial charge in [-0.05, 0) is 31.0 Å². The van der Waals surface area contributed by atoms with Crippen molar-refractivity contribution in [1.29, 1.82) is 0 Å². The van der Waals surface area contributed by atoms with E-state index >= 15 is 0 Å². The summed E-state index contributed by atoms with van der Waals surface area (Å²) in [6.45, 7) is 2.51. The van der Waals surface area contributed by atoms with Crippen molar-refractivity contribution in [2.45, 2.75) is 26.1 Å². The zero-order chi connectivity index (χ0) is 13.8. The summed E-state index contributed by atoms with van der Waals surface area (Å²) in [5.41, 5.74) is 1.76. The summed E-state index contributed by atoms with van der Waals surface area (Å²) in [6, 6.07) is 9.70. The second kappa shape index (κ2) is 5.99. The zero-order valence-electron chi connectivity index (χ0n) is 11.4. The lowest BCUT2D eigenvalue weighted by Crippen LogP contribution is -2.23. The minimum absolute atomic E-state index is 0.000274. The first-order chi connectivity index (χ1) is 9.11. The van der Waals surface area contributed by atoms with Gasteiger partial charge in [0.2, 0.25) is 0 Å². The van der Waals surface area contributed by atoms with E-state index in [-0.39, 0.29) is 12.7 Å². The molecule has 0 aliphatic heterocycles. The number of aliphatic hydroxyl groups is 2. The Morgan fingerprint density at radius 2 is 2.05 bits per heavy atom. The SMILES string of the molecule is CC(O)CCN(C)c1cc(CO)c2ccccc2n1. The third-order valence-electron chi connectivity index (χ3n) is 3.23. The standard InChI is InChI=1S/C15H20N2O2/c1-11(19)7-8-17(2)15-9-12(10-18)13-5-3-4-6-14(13)16-15/h3-6,9,11,18-19H,7-8,10H2,1-2H3. The van der Waals surface area contributed by atoms with Crippen LogP contribution in [0.4, 0.5) is 5.82 Å². The Hall–Kier alpha value is -1.65. The van der Waals surface area contributed by atoms with Crippen molar-refractivity contribution in [2.24, 2.45) is 0 Å². The van der Waals surface area contributed by atoms with Gasteiger partial charge in [0.1, 0.15) is 5.82 Å². The van der Waals surface area contributed by atoms with Crippen molar-refractivity contribution < 1.29 is 10.2 Å². The van der Waals surface area contributed by atoms with Gasteiger partial charge in [0.05, 0.1) is 18.2 Å². The minimum atomic E-state index is -0.319. The van der Waals surface area contributed by atoms with Crippen LogP contribution in [0.15, 0.2) is 30.3 Å². The van der Waals surface area contributed by atoms with E-state index in [2.05, 4.69) is 4.98 Å². The highest BCUT2D eigenvalue weighted by molar-refractivity contribution is 5.84. The van der Waals surface area contributed by atoms with Gasteiger partial charge in [-0.3, -0.25) is 0 Å². The molecule has 2 rings (SSSR count). The largest absolute Gasteiger partial charge is 0.393 e. The number of fused-ring (bicyclic) bond motifs is 1. The molecular formula is C15H20N2O2. The fraction of sp³-hybridized carbons (Fsp3) is 0.400. The summed E-state index contributed by atoms with van der Waals surface area (Å²) in [5, 5.41) is 19.8. The Morgan fingerprint density at radius 1 is 1.32 bits per heavy atom. The van der Waals surface area contributed by atoms with Crippen LogP contribution in [0.2, 0.25) is 0 Å². The first-order valence-corrected chi connectivity index (χ1v) is 6.50. The molecule has 0 amide bonds. The number of aromatic nitrogens is 1. The molecule has 0 radical (unpaired) electrons. The fourth-order valence-corrected chi connectivity index (χ4v) is 2.05. The number of anilines is 1. The average molecular weight is 260 g/mol. The first-order valence-electron chi connectivity index (χ1n) is 6.50. The molecule has 102 valence electrons. The summed E-state index contributed by atoms with van der Waals surface area (Å²) in [5.74, 6) is 0.823. The Kier molecular flexibility index (Phi) is 4.35. The Labute approximate surface area is 113 Å². The van der Waals surface area contributed by atoms with Crippen LogP contribution >= 0.6 is 0 Å². The van der Waals surface area contributed by atoms with Crippen molar-refractivity contribution in [1.82, 2.24) is 4.98 Å². The van der Waals surface area contributed by atoms with E-state index < -0.39 is 0 Å². The number of hydrogen-bond donors (Lipinski definition) is 2. The molecule has 0 aliphatic carbocycles. The number of rotatable bonds is 5. The summed E-state index contributed by atoms with van der Waals surface area (Å²) in [7, 11) is 1.95. The van der Waals surface area contributed by atoms with Gasteiger partial charge in [-0.25, -0.2) is 4.98 Å². The summed E-state index contributed by atoms with van der Waals surface area (Å²) >= 11 is 0. The van der Waals surface area contributed by atoms with E-state index in [0.717, 1.165) is 28.8 Å². The third kappa shape index (κ3) is 3.22. The smallest absolute Gasteiger partial charge is 0.129 e. The van der Waals surface area contributed by atoms with Crippen LogP contribution in [-0.2, 0) is 6.61 Å². The molecule has 2 N–H and O–H groups in total. The molecular weight excluding hydrogens is 240 g/mol. The second-order valence-corrected chi connectivity index (χ2v) is 4.87. The molecule has 0 saturated heterocycles. The molecule has 0 bridgehead atoms. The van der Waals surface area contributed by atoms with Crippen LogP contribution in [0.1, 0.15) is 18.9 Å². The number of aliphatic hydroxyl groups excluding tert-OH is 2. The van der Waals surface area contributed by atoms with Crippen LogP contribution in [0.25, 0.3) is 10.9 Å². The van der Waals surface area contributed by atoms with E-state index in [9.17, 15) is 10.2 Å². The molecule has 2 aromatic rings. The predicted octanol–water partition coefficient (Wildman–Crippen LogP) is 1.93. The number of pyridine rings is 1. The molecule has 19 heavy (non-hydrogen) atoms. The van der Waals surface area contributed by atoms with Gasteiger partial charge >= 0.3 is 0 Å². The van der Waals surface area contributed by atoms with Gasteiger partial charge in [0.15, 0.2) is 0 Å². The Bertz CT molecular complexity index is 555. The van der Waals surface area contributed by atoms with Crippen molar-refractivity contribution in [3.63, 3.8) is 0 Å². The van der Waals surface area contributed by atoms with E-state index in [1.54, 1.807) is 6.92 Å². The van der Waals surface area contributed by atoms with Gasteiger partial charge in [-0.2, -0.15) is 0 Å². The van der Waals surface area contributed by atoms with Crippen LogP contribution in [0, 0.1) is 0 Å². The summed E-state index contributed by atoms with van der Waals surface area (Å²) < 4.78 is 0. The highest BCUT2D eigenvalue weighted by Gasteiger charge is 2.09. The summed E-state index contributed by atoms with van der Waals surface area (Å²) in [4.78, 5) is 6.59. The van der Waals surface area contributed by atoms with E-state index in [4.69, 9.17) is 0 Å². The first kappa shape index (κ1) is 13.8. The monoisotopic (exact) mass is 260 g/mol. The molecule has 0 saturated carbocycles. The van der Waals surface area contributed by atoms with E-state index in [1.165, 1.54) is 0 Å². The van der Waals surface area contributed by atoms with Gasteiger partial charge < -0.3 is 15.1 Å². The predicted molar refractivity (Wildman–Crippen MR) is 77.2 cm³/mol. The van der Waals surface area contributed by atoms with Crippen LogP contribution in [0.3, 0.4) is 0 Å². The van der Waals surface area contributed by atoms with Crippen LogP contribution in [-0.4, -0.2) is 34.9 Å². The third-order valence-corrected chi connectivity index (χ3v) is 3.23. The van der Waals surface area contributed by atoms with Crippen molar-refractivity contribution in [3.05, 3.63) is 35.9 Å². The van der Waals surface area contributed by atoms with Crippen LogP contribution in [0.5, 0.6) is 0 Å². The molecule has 1 unspecified atom stereocenters. The number of para-hydroxylation sites is 1. The lowest BCUT2D eigenvalue weighted by molar-refractivity contribution is 0.187. The normalized spacial score (nSPS) is 12.6. The molecule has 1 atom stereocenters. The van der Waals surface area contributed by atoms with Gasteiger partial charge in [0, 0.05) is 19.0 Å². The zero-order valence-corrected chi connectivity index (χ0v) is 11.4. The topological polar surface area (TPSA) is 56.6 Å². The quantitative estimate of drug-likeness (QED) is 0.862. The fourth-order valence-electron chi connectivity index (χ4n) is 2.05. The second-order valence-electron chi connectivity index (χ2n) is 4.87. The average Bonchev–Trinajstić information content (AvgIpc) is 2.43. The molecule has 1 heterocycles. The maximum Gasteiger partial charge on any atom is 0.129 e. The molecule has 0 fully saturated rings. The lowest BCUT2D eigenvalue weighted by Gasteiger charge is -2.20. The highest BCUT2D eigenvalue weighted by atomic mass is 16.3. The van der Waals surface area contributed by atoms with Gasteiger partial charge in [-0.1, -0.05) is 18.2 Å². The number of nitrogens with zero attached hydrogens (tertiary/aromatic N) is 2. The highest BCUT2D eigenvalue weighted by Crippen LogP contribution is 2.22.